The van der Waals surface area contributed by atoms with Crippen molar-refractivity contribution < 1.29 is 29.2 Å². The zero-order chi connectivity index (χ0) is 25.2. The Hall–Kier alpha value is -1.84. The van der Waals surface area contributed by atoms with Gasteiger partial charge in [0.25, 0.3) is 0 Å². The number of nitrogens with one attached hydrogen (secondary N) is 1. The Bertz CT molecular complexity index is 635. The van der Waals surface area contributed by atoms with Crippen LogP contribution >= 0.6 is 0 Å². The van der Waals surface area contributed by atoms with E-state index in [2.05, 4.69) is 36.6 Å². The highest BCUT2D eigenvalue weighted by molar-refractivity contribution is 6.55. The van der Waals surface area contributed by atoms with Crippen LogP contribution in [0.4, 0.5) is 0 Å². The van der Waals surface area contributed by atoms with Crippen LogP contribution in [-0.4, -0.2) is 119 Å². The summed E-state index contributed by atoms with van der Waals surface area (Å²) in [5, 5.41) is 22.4. The maximum Gasteiger partial charge on any atom is 0.207 e. The van der Waals surface area contributed by atoms with Crippen molar-refractivity contribution in [3.8, 4) is 0 Å². The van der Waals surface area contributed by atoms with Crippen LogP contribution in [0.5, 0.6) is 0 Å². The Kier molecular flexibility index (Phi) is 16.4. The fraction of sp³-hybridized carbons (Fsp3) is 0.714. The lowest BCUT2D eigenvalue weighted by Crippen LogP contribution is -2.56. The standard InChI is InChI=1S/C21H42N6O6Si/c1-6-9-31-16-26(15-30-3)20-22-19(25(13-28)14-29)23-21(24-20)27(17-32-10-7-2)18-33-11-8-12-34(4)5/h6-7,20,28-29,34H,1-2,8-18H2,3-5H3,(H,22,23,24). The molecule has 0 saturated heterocycles. The van der Waals surface area contributed by atoms with E-state index in [0.29, 0.717) is 25.8 Å². The largest absolute Gasteiger partial charge is 0.376 e. The van der Waals surface area contributed by atoms with Crippen molar-refractivity contribution in [2.45, 2.75) is 31.8 Å². The predicted octanol–water partition coefficient (Wildman–Crippen LogP) is 0.166. The van der Waals surface area contributed by atoms with E-state index in [1.165, 1.54) is 10.9 Å². The van der Waals surface area contributed by atoms with Gasteiger partial charge >= 0.3 is 0 Å². The Labute approximate surface area is 204 Å². The molecule has 0 aromatic heterocycles. The maximum atomic E-state index is 9.68. The molecule has 12 nitrogen and oxygen atoms in total. The molecule has 0 amide bonds. The fourth-order valence-electron chi connectivity index (χ4n) is 2.84. The van der Waals surface area contributed by atoms with E-state index in [1.54, 1.807) is 29.1 Å². The minimum Gasteiger partial charge on any atom is -0.376 e. The van der Waals surface area contributed by atoms with E-state index in [9.17, 15) is 10.2 Å². The van der Waals surface area contributed by atoms with E-state index in [-0.39, 0.29) is 32.9 Å². The number of hydrogen-bond acceptors (Lipinski definition) is 12. The summed E-state index contributed by atoms with van der Waals surface area (Å²) in [4.78, 5) is 14.0. The molecule has 1 atom stereocenters. The van der Waals surface area contributed by atoms with Gasteiger partial charge in [-0.25, -0.2) is 14.9 Å². The Balaban J connectivity index is 3.09. The van der Waals surface area contributed by atoms with Crippen LogP contribution in [0.3, 0.4) is 0 Å². The van der Waals surface area contributed by atoms with Crippen molar-refractivity contribution in [1.82, 2.24) is 20.0 Å². The maximum absolute atomic E-state index is 9.68. The lowest BCUT2D eigenvalue weighted by atomic mass is 10.5. The predicted molar refractivity (Wildman–Crippen MR) is 135 cm³/mol. The zero-order valence-corrected chi connectivity index (χ0v) is 21.9. The average Bonchev–Trinajstić information content (AvgIpc) is 2.83. The molecule has 0 fully saturated rings. The minimum absolute atomic E-state index is 0.179. The molecule has 1 heterocycles. The molecule has 1 unspecified atom stereocenters. The molecule has 1 rings (SSSR count). The van der Waals surface area contributed by atoms with Crippen LogP contribution in [0.1, 0.15) is 6.42 Å². The number of hydrogen-bond donors (Lipinski definition) is 3. The molecule has 3 N–H and O–H groups in total. The number of aliphatic hydroxyl groups excluding tert-OH is 2. The summed E-state index contributed by atoms with van der Waals surface area (Å²) >= 11 is 0. The lowest BCUT2D eigenvalue weighted by molar-refractivity contribution is -0.0461. The molecule has 1 aliphatic rings. The molecule has 0 aromatic rings. The first-order valence-electron chi connectivity index (χ1n) is 11.3. The molecule has 0 saturated carbocycles. The highest BCUT2D eigenvalue weighted by Crippen LogP contribution is 2.11. The van der Waals surface area contributed by atoms with Gasteiger partial charge < -0.3 is 29.2 Å². The summed E-state index contributed by atoms with van der Waals surface area (Å²) < 4.78 is 22.4. The summed E-state index contributed by atoms with van der Waals surface area (Å²) in [7, 11) is 0.939. The third-order valence-corrected chi connectivity index (χ3v) is 6.12. The monoisotopic (exact) mass is 502 g/mol. The van der Waals surface area contributed by atoms with Crippen LogP contribution in [0.25, 0.3) is 0 Å². The van der Waals surface area contributed by atoms with Gasteiger partial charge in [-0.2, -0.15) is 0 Å². The SMILES string of the molecule is C=CCOCN(COCCC[SiH](C)C)C1=NC(N(COC)COCC=C)N=C(N(CO)CO)N1. The van der Waals surface area contributed by atoms with Gasteiger partial charge in [0.2, 0.25) is 18.2 Å². The van der Waals surface area contributed by atoms with Crippen molar-refractivity contribution in [3.05, 3.63) is 25.3 Å². The molecule has 0 aliphatic carbocycles. The zero-order valence-electron chi connectivity index (χ0n) is 20.8. The summed E-state index contributed by atoms with van der Waals surface area (Å²) in [6, 6.07) is 1.21. The van der Waals surface area contributed by atoms with E-state index in [0.717, 1.165) is 6.42 Å². The number of nitrogens with zero attached hydrogens (tertiary/aromatic N) is 5. The van der Waals surface area contributed by atoms with Crippen molar-refractivity contribution >= 4 is 20.7 Å². The van der Waals surface area contributed by atoms with E-state index < -0.39 is 28.5 Å². The van der Waals surface area contributed by atoms with Gasteiger partial charge in [-0.3, -0.25) is 15.1 Å². The summed E-state index contributed by atoms with van der Waals surface area (Å²) in [5.41, 5.74) is 0. The van der Waals surface area contributed by atoms with Gasteiger partial charge in [0.05, 0.1) is 13.2 Å². The van der Waals surface area contributed by atoms with E-state index in [4.69, 9.17) is 23.9 Å². The first-order valence-corrected chi connectivity index (χ1v) is 14.4. The average molecular weight is 503 g/mol. The quantitative estimate of drug-likeness (QED) is 0.0974. The molecular formula is C21H42N6O6Si. The fourth-order valence-corrected chi connectivity index (χ4v) is 3.82. The minimum atomic E-state index is -0.745. The molecule has 0 spiro atoms. The molecule has 34 heavy (non-hydrogen) atoms. The second-order valence-corrected chi connectivity index (χ2v) is 11.3. The first-order chi connectivity index (χ1) is 16.5. The molecule has 196 valence electrons. The number of aliphatic hydroxyl groups is 2. The van der Waals surface area contributed by atoms with Crippen molar-refractivity contribution in [2.75, 3.05) is 67.3 Å². The second-order valence-electron chi connectivity index (χ2n) is 7.90. The van der Waals surface area contributed by atoms with Crippen molar-refractivity contribution in [1.29, 1.82) is 0 Å². The normalized spacial score (nSPS) is 15.7. The molecular weight excluding hydrogens is 460 g/mol. The Morgan fingerprint density at radius 2 is 1.53 bits per heavy atom. The third-order valence-electron chi connectivity index (χ3n) is 4.55. The van der Waals surface area contributed by atoms with Gasteiger partial charge in [0.15, 0.2) is 0 Å². The van der Waals surface area contributed by atoms with Crippen molar-refractivity contribution in [3.63, 3.8) is 0 Å². The van der Waals surface area contributed by atoms with Crippen LogP contribution in [-0.2, 0) is 18.9 Å². The summed E-state index contributed by atoms with van der Waals surface area (Å²) in [6.07, 6.45) is 3.57. The van der Waals surface area contributed by atoms with Gasteiger partial charge in [-0.05, 0) is 6.42 Å². The van der Waals surface area contributed by atoms with Gasteiger partial charge in [-0.1, -0.05) is 31.3 Å². The second kappa shape index (κ2) is 18.5. The van der Waals surface area contributed by atoms with Crippen LogP contribution in [0.15, 0.2) is 35.3 Å². The van der Waals surface area contributed by atoms with Crippen LogP contribution < -0.4 is 5.32 Å². The molecule has 0 aromatic carbocycles. The number of aliphatic imine (C=N–C) groups is 2. The summed E-state index contributed by atoms with van der Waals surface area (Å²) in [6.45, 7) is 13.2. The number of methoxy groups -OCH3 is 1. The molecule has 1 aliphatic heterocycles. The Morgan fingerprint density at radius 3 is 2.09 bits per heavy atom. The van der Waals surface area contributed by atoms with E-state index in [1.807, 2.05) is 0 Å². The van der Waals surface area contributed by atoms with Crippen LogP contribution in [0, 0.1) is 0 Å². The molecule has 0 bridgehead atoms. The van der Waals surface area contributed by atoms with E-state index >= 15 is 0 Å². The highest BCUT2D eigenvalue weighted by atomic mass is 28.3. The number of ether oxygens (including phenoxy) is 4. The molecule has 13 heteroatoms. The van der Waals surface area contributed by atoms with Gasteiger partial charge in [-0.15, -0.1) is 13.2 Å². The van der Waals surface area contributed by atoms with Gasteiger partial charge in [0.1, 0.15) is 40.4 Å². The first kappa shape index (κ1) is 30.2. The molecule has 0 radical (unpaired) electrons. The van der Waals surface area contributed by atoms with Crippen LogP contribution in [0.2, 0.25) is 19.1 Å². The smallest absolute Gasteiger partial charge is 0.207 e. The highest BCUT2D eigenvalue weighted by Gasteiger charge is 2.28. The topological polar surface area (TPSA) is 124 Å². The Morgan fingerprint density at radius 1 is 0.941 bits per heavy atom. The van der Waals surface area contributed by atoms with Gasteiger partial charge in [0, 0.05) is 22.5 Å². The third kappa shape index (κ3) is 11.5. The summed E-state index contributed by atoms with van der Waals surface area (Å²) in [5.74, 6) is 0.651. The number of rotatable bonds is 19. The lowest BCUT2D eigenvalue weighted by Gasteiger charge is -2.35. The van der Waals surface area contributed by atoms with Crippen molar-refractivity contribution in [2.24, 2.45) is 9.98 Å². The number of guanidine groups is 2.